The van der Waals surface area contributed by atoms with Crippen LogP contribution in [0.25, 0.3) is 0 Å². The minimum Gasteiger partial charge on any atom is -0.326 e. The zero-order valence-electron chi connectivity index (χ0n) is 12.3. The molecule has 2 unspecified atom stereocenters. The van der Waals surface area contributed by atoms with E-state index in [2.05, 4.69) is 11.4 Å². The quantitative estimate of drug-likeness (QED) is 0.741. The monoisotopic (exact) mass is 278 g/mol. The second-order valence-electron chi connectivity index (χ2n) is 5.22. The highest BCUT2D eigenvalue weighted by Gasteiger charge is 2.07. The Labute approximate surface area is 113 Å². The highest BCUT2D eigenvalue weighted by atomic mass is 31.1. The van der Waals surface area contributed by atoms with Crippen LogP contribution < -0.4 is 0 Å². The molecular formula is C14H31O3P. The summed E-state index contributed by atoms with van der Waals surface area (Å²) in [5.41, 5.74) is 0. The van der Waals surface area contributed by atoms with Crippen LogP contribution in [0.15, 0.2) is 0 Å². The molecule has 0 spiro atoms. The molecule has 0 aliphatic heterocycles. The molecule has 0 aromatic rings. The van der Waals surface area contributed by atoms with Gasteiger partial charge < -0.3 is 9.42 Å². The number of rotatable bonds is 4. The van der Waals surface area contributed by atoms with Crippen molar-refractivity contribution in [3.63, 3.8) is 0 Å². The fourth-order valence-corrected chi connectivity index (χ4v) is 2.72. The SMILES string of the molecule is CCC(C)O[PH](=O)O.CCC1CCCCCCC1. The van der Waals surface area contributed by atoms with Crippen LogP contribution in [0.3, 0.4) is 0 Å². The highest BCUT2D eigenvalue weighted by molar-refractivity contribution is 7.32. The van der Waals surface area contributed by atoms with Crippen molar-refractivity contribution < 1.29 is 14.0 Å². The van der Waals surface area contributed by atoms with E-state index in [9.17, 15) is 4.57 Å². The molecule has 0 aromatic carbocycles. The van der Waals surface area contributed by atoms with Crippen molar-refractivity contribution in [3.8, 4) is 0 Å². The van der Waals surface area contributed by atoms with E-state index in [1.807, 2.05) is 6.92 Å². The minimum absolute atomic E-state index is 0.0913. The van der Waals surface area contributed by atoms with Crippen molar-refractivity contribution in [1.82, 2.24) is 0 Å². The molecule has 110 valence electrons. The maximum Gasteiger partial charge on any atom is 0.316 e. The van der Waals surface area contributed by atoms with Gasteiger partial charge in [0.15, 0.2) is 0 Å². The summed E-state index contributed by atoms with van der Waals surface area (Å²) in [6.45, 7) is 6.00. The maximum absolute atomic E-state index is 9.93. The molecule has 1 aliphatic rings. The van der Waals surface area contributed by atoms with E-state index in [0.717, 1.165) is 12.3 Å². The van der Waals surface area contributed by atoms with E-state index in [4.69, 9.17) is 4.89 Å². The van der Waals surface area contributed by atoms with Crippen LogP contribution in [0.1, 0.15) is 78.6 Å². The molecule has 3 nitrogen and oxygen atoms in total. The Bertz CT molecular complexity index is 201. The molecular weight excluding hydrogens is 247 g/mol. The van der Waals surface area contributed by atoms with Gasteiger partial charge in [-0.05, 0) is 19.3 Å². The summed E-state index contributed by atoms with van der Waals surface area (Å²) in [7, 11) is -2.70. The first-order valence-corrected chi connectivity index (χ1v) is 8.76. The fourth-order valence-electron chi connectivity index (χ4n) is 2.20. The average molecular weight is 278 g/mol. The fraction of sp³-hybridized carbons (Fsp3) is 1.00. The molecule has 2 atom stereocenters. The zero-order valence-corrected chi connectivity index (χ0v) is 13.3. The van der Waals surface area contributed by atoms with Gasteiger partial charge in [0, 0.05) is 0 Å². The van der Waals surface area contributed by atoms with Gasteiger partial charge in [0.2, 0.25) is 0 Å². The van der Waals surface area contributed by atoms with Crippen LogP contribution in [0.5, 0.6) is 0 Å². The van der Waals surface area contributed by atoms with E-state index in [1.165, 1.54) is 51.4 Å². The van der Waals surface area contributed by atoms with Gasteiger partial charge in [0.05, 0.1) is 6.10 Å². The predicted molar refractivity (Wildman–Crippen MR) is 78.2 cm³/mol. The lowest BCUT2D eigenvalue weighted by atomic mass is 9.90. The van der Waals surface area contributed by atoms with Gasteiger partial charge >= 0.3 is 8.25 Å². The Morgan fingerprint density at radius 1 is 1.17 bits per heavy atom. The van der Waals surface area contributed by atoms with Crippen molar-refractivity contribution in [2.75, 3.05) is 0 Å². The summed E-state index contributed by atoms with van der Waals surface area (Å²) < 4.78 is 14.4. The summed E-state index contributed by atoms with van der Waals surface area (Å²) in [4.78, 5) is 8.18. The Kier molecular flexibility index (Phi) is 12.3. The van der Waals surface area contributed by atoms with E-state index >= 15 is 0 Å². The Morgan fingerprint density at radius 2 is 1.67 bits per heavy atom. The second kappa shape index (κ2) is 12.2. The van der Waals surface area contributed by atoms with Crippen molar-refractivity contribution in [3.05, 3.63) is 0 Å². The summed E-state index contributed by atoms with van der Waals surface area (Å²) >= 11 is 0. The summed E-state index contributed by atoms with van der Waals surface area (Å²) in [6, 6.07) is 0. The van der Waals surface area contributed by atoms with Gasteiger partial charge in [-0.1, -0.05) is 65.2 Å². The van der Waals surface area contributed by atoms with Crippen LogP contribution in [0, 0.1) is 5.92 Å². The first kappa shape index (κ1) is 18.1. The van der Waals surface area contributed by atoms with Gasteiger partial charge in [-0.2, -0.15) is 0 Å². The molecule has 0 radical (unpaired) electrons. The molecule has 0 bridgehead atoms. The van der Waals surface area contributed by atoms with Crippen molar-refractivity contribution in [2.45, 2.75) is 84.7 Å². The molecule has 1 saturated carbocycles. The molecule has 0 heterocycles. The van der Waals surface area contributed by atoms with E-state index in [1.54, 1.807) is 6.92 Å². The molecule has 1 fully saturated rings. The molecule has 18 heavy (non-hydrogen) atoms. The Balaban J connectivity index is 0.000000331. The molecule has 1 rings (SSSR count). The topological polar surface area (TPSA) is 46.5 Å². The lowest BCUT2D eigenvalue weighted by Crippen LogP contribution is -2.01. The first-order chi connectivity index (χ1) is 8.60. The maximum atomic E-state index is 9.93. The van der Waals surface area contributed by atoms with E-state index in [-0.39, 0.29) is 6.10 Å². The highest BCUT2D eigenvalue weighted by Crippen LogP contribution is 2.24. The standard InChI is InChI=1S/C10H20.C4H11O3P/c1-2-10-8-6-4-3-5-7-9-10;1-3-4(2)7-8(5)6/h10H,2-9H2,1H3;4,8H,3H2,1-2H3,(H,5,6). The Hall–Kier alpha value is 0.150. The van der Waals surface area contributed by atoms with Crippen LogP contribution >= 0.6 is 8.25 Å². The van der Waals surface area contributed by atoms with Crippen LogP contribution in [-0.2, 0) is 9.09 Å². The third kappa shape index (κ3) is 11.3. The average Bonchev–Trinajstić information content (AvgIpc) is 2.28. The van der Waals surface area contributed by atoms with Crippen molar-refractivity contribution in [1.29, 1.82) is 0 Å². The van der Waals surface area contributed by atoms with E-state index < -0.39 is 8.25 Å². The second-order valence-corrected chi connectivity index (χ2v) is 5.99. The summed E-state index contributed by atoms with van der Waals surface area (Å²) in [5, 5.41) is 0. The van der Waals surface area contributed by atoms with Gasteiger partial charge in [-0.15, -0.1) is 0 Å². The Morgan fingerprint density at radius 3 is 2.00 bits per heavy atom. The molecule has 1 N–H and O–H groups in total. The van der Waals surface area contributed by atoms with Crippen LogP contribution in [0.4, 0.5) is 0 Å². The van der Waals surface area contributed by atoms with Crippen molar-refractivity contribution >= 4 is 8.25 Å². The van der Waals surface area contributed by atoms with Crippen molar-refractivity contribution in [2.24, 2.45) is 5.92 Å². The molecule has 4 heteroatoms. The predicted octanol–water partition coefficient (Wildman–Crippen LogP) is 4.94. The zero-order chi connectivity index (χ0) is 13.8. The lowest BCUT2D eigenvalue weighted by molar-refractivity contribution is 0.202. The minimum atomic E-state index is -2.70. The number of hydrogen-bond donors (Lipinski definition) is 1. The van der Waals surface area contributed by atoms with E-state index in [0.29, 0.717) is 0 Å². The third-order valence-electron chi connectivity index (χ3n) is 3.68. The molecule has 0 saturated heterocycles. The van der Waals surface area contributed by atoms with Gasteiger partial charge in [-0.3, -0.25) is 4.57 Å². The first-order valence-electron chi connectivity index (χ1n) is 7.49. The normalized spacial score (nSPS) is 21.1. The largest absolute Gasteiger partial charge is 0.326 e. The summed E-state index contributed by atoms with van der Waals surface area (Å²) in [6.07, 6.45) is 12.6. The molecule has 1 aliphatic carbocycles. The van der Waals surface area contributed by atoms with Gasteiger partial charge in [0.1, 0.15) is 0 Å². The van der Waals surface area contributed by atoms with Gasteiger partial charge in [0.25, 0.3) is 0 Å². The van der Waals surface area contributed by atoms with Crippen LogP contribution in [-0.4, -0.2) is 11.0 Å². The lowest BCUT2D eigenvalue weighted by Gasteiger charge is -2.17. The third-order valence-corrected chi connectivity index (χ3v) is 4.28. The summed E-state index contributed by atoms with van der Waals surface area (Å²) in [5.74, 6) is 1.07. The van der Waals surface area contributed by atoms with Crippen LogP contribution in [0.2, 0.25) is 0 Å². The van der Waals surface area contributed by atoms with Gasteiger partial charge in [-0.25, -0.2) is 0 Å². The smallest absolute Gasteiger partial charge is 0.316 e. The molecule has 0 amide bonds. The molecule has 0 aromatic heterocycles. The number of hydrogen-bond acceptors (Lipinski definition) is 2.